The van der Waals surface area contributed by atoms with Crippen molar-refractivity contribution in [2.75, 3.05) is 13.6 Å². The van der Waals surface area contributed by atoms with Crippen molar-refractivity contribution in [1.82, 2.24) is 4.90 Å². The highest BCUT2D eigenvalue weighted by Crippen LogP contribution is 2.26. The summed E-state index contributed by atoms with van der Waals surface area (Å²) in [6, 6.07) is 7.54. The summed E-state index contributed by atoms with van der Waals surface area (Å²) in [7, 11) is 1.27. The van der Waals surface area contributed by atoms with Crippen LogP contribution in [0, 0.1) is 0 Å². The Hall–Kier alpha value is -1.56. The van der Waals surface area contributed by atoms with Gasteiger partial charge in [0.05, 0.1) is 13.0 Å². The van der Waals surface area contributed by atoms with E-state index in [1.165, 1.54) is 7.05 Å². The zero-order valence-electron chi connectivity index (χ0n) is 9.81. The van der Waals surface area contributed by atoms with Crippen molar-refractivity contribution in [2.24, 2.45) is 0 Å². The fourth-order valence-electron chi connectivity index (χ4n) is 1.76. The van der Waals surface area contributed by atoms with E-state index in [1.807, 2.05) is 0 Å². The van der Waals surface area contributed by atoms with Crippen LogP contribution >= 0.6 is 0 Å². The molecule has 0 amide bonds. The molecule has 0 bridgehead atoms. The maximum absolute atomic E-state index is 12.3. The predicted molar refractivity (Wildman–Crippen MR) is 60.1 cm³/mol. The lowest BCUT2D eigenvalue weighted by molar-refractivity contribution is -0.152. The SMILES string of the molecule is CN(CC(F)(F)F)C(CC(=O)O)c1ccccc1. The normalized spacial score (nSPS) is 13.6. The van der Waals surface area contributed by atoms with Gasteiger partial charge in [-0.3, -0.25) is 9.69 Å². The molecule has 100 valence electrons. The first-order valence-electron chi connectivity index (χ1n) is 5.33. The summed E-state index contributed by atoms with van der Waals surface area (Å²) in [6.45, 7) is -1.14. The molecule has 0 heterocycles. The van der Waals surface area contributed by atoms with Gasteiger partial charge in [0.25, 0.3) is 0 Å². The Morgan fingerprint density at radius 3 is 2.33 bits per heavy atom. The molecule has 0 aliphatic carbocycles. The summed E-state index contributed by atoms with van der Waals surface area (Å²) >= 11 is 0. The average molecular weight is 261 g/mol. The molecule has 0 saturated carbocycles. The Balaban J connectivity index is 2.88. The number of aliphatic carboxylic acids is 1. The van der Waals surface area contributed by atoms with Gasteiger partial charge in [-0.15, -0.1) is 0 Å². The van der Waals surface area contributed by atoms with Crippen LogP contribution in [-0.2, 0) is 4.79 Å². The van der Waals surface area contributed by atoms with E-state index in [1.54, 1.807) is 30.3 Å². The molecule has 0 aliphatic rings. The van der Waals surface area contributed by atoms with Crippen molar-refractivity contribution in [3.05, 3.63) is 35.9 Å². The third kappa shape index (κ3) is 4.75. The van der Waals surface area contributed by atoms with Crippen LogP contribution in [0.4, 0.5) is 13.2 Å². The molecule has 0 spiro atoms. The second-order valence-electron chi connectivity index (χ2n) is 4.05. The van der Waals surface area contributed by atoms with Crippen molar-refractivity contribution in [1.29, 1.82) is 0 Å². The minimum atomic E-state index is -4.35. The maximum atomic E-state index is 12.3. The number of rotatable bonds is 5. The van der Waals surface area contributed by atoms with Gasteiger partial charge < -0.3 is 5.11 Å². The smallest absolute Gasteiger partial charge is 0.401 e. The van der Waals surface area contributed by atoms with Crippen molar-refractivity contribution in [3.8, 4) is 0 Å². The molecular formula is C12H14F3NO2. The molecule has 1 aromatic carbocycles. The first kappa shape index (κ1) is 14.5. The number of carboxylic acid groups (broad SMARTS) is 1. The number of hydrogen-bond acceptors (Lipinski definition) is 2. The summed E-state index contributed by atoms with van der Waals surface area (Å²) in [5.74, 6) is -1.13. The lowest BCUT2D eigenvalue weighted by Crippen LogP contribution is -2.35. The minimum absolute atomic E-state index is 0.364. The summed E-state index contributed by atoms with van der Waals surface area (Å²) in [4.78, 5) is 11.7. The van der Waals surface area contributed by atoms with E-state index in [2.05, 4.69) is 0 Å². The van der Waals surface area contributed by atoms with Crippen molar-refractivity contribution >= 4 is 5.97 Å². The molecule has 1 rings (SSSR count). The molecule has 0 fully saturated rings. The largest absolute Gasteiger partial charge is 0.481 e. The Labute approximate surface area is 103 Å². The van der Waals surface area contributed by atoms with Gasteiger partial charge in [-0.25, -0.2) is 0 Å². The summed E-state index contributed by atoms with van der Waals surface area (Å²) in [6.07, 6.45) is -4.71. The lowest BCUT2D eigenvalue weighted by atomic mass is 10.0. The zero-order chi connectivity index (χ0) is 13.8. The molecular weight excluding hydrogens is 247 g/mol. The number of alkyl halides is 3. The maximum Gasteiger partial charge on any atom is 0.401 e. The van der Waals surface area contributed by atoms with Crippen LogP contribution in [0.25, 0.3) is 0 Å². The van der Waals surface area contributed by atoms with Gasteiger partial charge >= 0.3 is 12.1 Å². The molecule has 0 saturated heterocycles. The van der Waals surface area contributed by atoms with Gasteiger partial charge in [0.15, 0.2) is 0 Å². The molecule has 0 aromatic heterocycles. The third-order valence-electron chi connectivity index (χ3n) is 2.51. The van der Waals surface area contributed by atoms with Gasteiger partial charge in [-0.1, -0.05) is 30.3 Å². The third-order valence-corrected chi connectivity index (χ3v) is 2.51. The number of hydrogen-bond donors (Lipinski definition) is 1. The van der Waals surface area contributed by atoms with Crippen LogP contribution in [0.2, 0.25) is 0 Å². The van der Waals surface area contributed by atoms with E-state index in [-0.39, 0.29) is 6.42 Å². The Bertz CT molecular complexity index is 392. The number of benzene rings is 1. The van der Waals surface area contributed by atoms with Crippen LogP contribution in [-0.4, -0.2) is 35.7 Å². The Morgan fingerprint density at radius 2 is 1.89 bits per heavy atom. The molecule has 3 nitrogen and oxygen atoms in total. The number of carboxylic acids is 1. The molecule has 0 radical (unpaired) electrons. The van der Waals surface area contributed by atoms with Crippen molar-refractivity contribution in [3.63, 3.8) is 0 Å². The van der Waals surface area contributed by atoms with E-state index in [4.69, 9.17) is 5.11 Å². The Morgan fingerprint density at radius 1 is 1.33 bits per heavy atom. The predicted octanol–water partition coefficient (Wildman–Crippen LogP) is 2.70. The topological polar surface area (TPSA) is 40.5 Å². The molecule has 1 aromatic rings. The van der Waals surface area contributed by atoms with Crippen LogP contribution in [0.3, 0.4) is 0 Å². The second-order valence-corrected chi connectivity index (χ2v) is 4.05. The number of halogens is 3. The van der Waals surface area contributed by atoms with Crippen LogP contribution in [0.5, 0.6) is 0 Å². The molecule has 0 aliphatic heterocycles. The highest BCUT2D eigenvalue weighted by molar-refractivity contribution is 5.67. The molecule has 6 heteroatoms. The monoisotopic (exact) mass is 261 g/mol. The van der Waals surface area contributed by atoms with Gasteiger partial charge in [-0.05, 0) is 12.6 Å². The fraction of sp³-hybridized carbons (Fsp3) is 0.417. The van der Waals surface area contributed by atoms with Crippen molar-refractivity contribution in [2.45, 2.75) is 18.6 Å². The van der Waals surface area contributed by atoms with Crippen LogP contribution in [0.1, 0.15) is 18.0 Å². The van der Waals surface area contributed by atoms with Gasteiger partial charge in [0.2, 0.25) is 0 Å². The fourth-order valence-corrected chi connectivity index (χ4v) is 1.76. The van der Waals surface area contributed by atoms with E-state index in [0.29, 0.717) is 5.56 Å². The standard InChI is InChI=1S/C12H14F3NO2/c1-16(8-12(13,14)15)10(7-11(17)18)9-5-3-2-4-6-9/h2-6,10H,7-8H2,1H3,(H,17,18). The van der Waals surface area contributed by atoms with Gasteiger partial charge in [0.1, 0.15) is 0 Å². The van der Waals surface area contributed by atoms with E-state index in [9.17, 15) is 18.0 Å². The van der Waals surface area contributed by atoms with Crippen LogP contribution < -0.4 is 0 Å². The molecule has 1 unspecified atom stereocenters. The van der Waals surface area contributed by atoms with Gasteiger partial charge in [-0.2, -0.15) is 13.2 Å². The van der Waals surface area contributed by atoms with E-state index in [0.717, 1.165) is 4.90 Å². The number of nitrogens with zero attached hydrogens (tertiary/aromatic N) is 1. The summed E-state index contributed by atoms with van der Waals surface area (Å²) < 4.78 is 37.0. The molecule has 1 atom stereocenters. The molecule has 18 heavy (non-hydrogen) atoms. The molecule has 1 N–H and O–H groups in total. The lowest BCUT2D eigenvalue weighted by Gasteiger charge is -2.28. The second kappa shape index (κ2) is 5.86. The van der Waals surface area contributed by atoms with Crippen molar-refractivity contribution < 1.29 is 23.1 Å². The zero-order valence-corrected chi connectivity index (χ0v) is 9.81. The van der Waals surface area contributed by atoms with E-state index < -0.39 is 24.7 Å². The van der Waals surface area contributed by atoms with E-state index >= 15 is 0 Å². The quantitative estimate of drug-likeness (QED) is 0.886. The highest BCUT2D eigenvalue weighted by Gasteiger charge is 2.33. The summed E-state index contributed by atoms with van der Waals surface area (Å²) in [5.41, 5.74) is 0.562. The first-order valence-corrected chi connectivity index (χ1v) is 5.33. The highest BCUT2D eigenvalue weighted by atomic mass is 19.4. The Kier molecular flexibility index (Phi) is 4.72. The average Bonchev–Trinajstić information content (AvgIpc) is 2.24. The van der Waals surface area contributed by atoms with Gasteiger partial charge in [0, 0.05) is 6.04 Å². The summed E-state index contributed by atoms with van der Waals surface area (Å²) in [5, 5.41) is 8.78. The number of carbonyl (C=O) groups is 1. The minimum Gasteiger partial charge on any atom is -0.481 e. The van der Waals surface area contributed by atoms with Crippen LogP contribution in [0.15, 0.2) is 30.3 Å². The first-order chi connectivity index (χ1) is 8.29.